The summed E-state index contributed by atoms with van der Waals surface area (Å²) in [5.74, 6) is 0.550. The molecular formula is C15H23FN2. The minimum Gasteiger partial charge on any atom is -0.330 e. The van der Waals surface area contributed by atoms with Gasteiger partial charge in [0.2, 0.25) is 0 Å². The van der Waals surface area contributed by atoms with Crippen LogP contribution < -0.4 is 5.73 Å². The third-order valence-corrected chi connectivity index (χ3v) is 4.05. The van der Waals surface area contributed by atoms with Crippen molar-refractivity contribution >= 4 is 0 Å². The van der Waals surface area contributed by atoms with Crippen LogP contribution in [0.25, 0.3) is 0 Å². The van der Waals surface area contributed by atoms with E-state index in [0.29, 0.717) is 12.0 Å². The molecule has 2 nitrogen and oxygen atoms in total. The predicted molar refractivity (Wildman–Crippen MR) is 72.9 cm³/mol. The van der Waals surface area contributed by atoms with E-state index in [2.05, 4.69) is 11.8 Å². The molecule has 1 fully saturated rings. The van der Waals surface area contributed by atoms with E-state index in [1.54, 1.807) is 12.1 Å². The lowest BCUT2D eigenvalue weighted by molar-refractivity contribution is 0.143. The lowest BCUT2D eigenvalue weighted by atomic mass is 9.95. The molecule has 1 unspecified atom stereocenters. The van der Waals surface area contributed by atoms with Crippen LogP contribution >= 0.6 is 0 Å². The van der Waals surface area contributed by atoms with Crippen LogP contribution in [0.1, 0.15) is 25.3 Å². The molecule has 1 aromatic carbocycles. The van der Waals surface area contributed by atoms with Gasteiger partial charge in [0.05, 0.1) is 0 Å². The molecule has 1 aromatic rings. The van der Waals surface area contributed by atoms with Crippen molar-refractivity contribution in [2.45, 2.75) is 32.2 Å². The molecule has 0 saturated carbocycles. The summed E-state index contributed by atoms with van der Waals surface area (Å²) in [6.45, 7) is 5.36. The van der Waals surface area contributed by atoms with Crippen LogP contribution in [0.15, 0.2) is 24.3 Å². The van der Waals surface area contributed by atoms with Gasteiger partial charge in [-0.2, -0.15) is 0 Å². The van der Waals surface area contributed by atoms with Crippen LogP contribution in [0.4, 0.5) is 4.39 Å². The number of nitrogens with two attached hydrogens (primary N) is 1. The highest BCUT2D eigenvalue weighted by atomic mass is 19.1. The summed E-state index contributed by atoms with van der Waals surface area (Å²) in [5, 5.41) is 0. The Morgan fingerprint density at radius 3 is 2.44 bits per heavy atom. The monoisotopic (exact) mass is 250 g/mol. The summed E-state index contributed by atoms with van der Waals surface area (Å²) >= 11 is 0. The number of piperidine rings is 1. The Morgan fingerprint density at radius 1 is 1.28 bits per heavy atom. The summed E-state index contributed by atoms with van der Waals surface area (Å²) < 4.78 is 12.8. The van der Waals surface area contributed by atoms with Crippen molar-refractivity contribution < 1.29 is 4.39 Å². The molecule has 0 amide bonds. The largest absolute Gasteiger partial charge is 0.330 e. The lowest BCUT2D eigenvalue weighted by Gasteiger charge is -2.35. The summed E-state index contributed by atoms with van der Waals surface area (Å²) in [7, 11) is 0. The van der Waals surface area contributed by atoms with Gasteiger partial charge in [0.25, 0.3) is 0 Å². The molecule has 0 aromatic heterocycles. The van der Waals surface area contributed by atoms with Crippen molar-refractivity contribution in [3.05, 3.63) is 35.6 Å². The molecule has 2 N–H and O–H groups in total. The normalized spacial score (nSPS) is 19.9. The molecule has 3 heteroatoms. The maximum Gasteiger partial charge on any atom is 0.123 e. The molecule has 1 heterocycles. The number of rotatable bonds is 4. The van der Waals surface area contributed by atoms with Gasteiger partial charge in [0, 0.05) is 6.04 Å². The summed E-state index contributed by atoms with van der Waals surface area (Å²) in [4.78, 5) is 2.52. The van der Waals surface area contributed by atoms with Crippen molar-refractivity contribution in [2.75, 3.05) is 19.6 Å². The maximum atomic E-state index is 12.8. The van der Waals surface area contributed by atoms with Crippen molar-refractivity contribution in [3.8, 4) is 0 Å². The molecule has 2 rings (SSSR count). The number of nitrogens with zero attached hydrogens (tertiary/aromatic N) is 1. The average Bonchev–Trinajstić information content (AvgIpc) is 2.41. The highest BCUT2D eigenvalue weighted by Gasteiger charge is 2.21. The van der Waals surface area contributed by atoms with Gasteiger partial charge in [-0.3, -0.25) is 0 Å². The minimum atomic E-state index is -0.157. The Balaban J connectivity index is 1.85. The fourth-order valence-electron chi connectivity index (χ4n) is 2.72. The van der Waals surface area contributed by atoms with Crippen molar-refractivity contribution in [3.63, 3.8) is 0 Å². The van der Waals surface area contributed by atoms with E-state index in [1.165, 1.54) is 18.4 Å². The first-order valence-electron chi connectivity index (χ1n) is 6.87. The highest BCUT2D eigenvalue weighted by molar-refractivity contribution is 5.17. The second-order valence-electron chi connectivity index (χ2n) is 5.39. The first-order chi connectivity index (χ1) is 8.69. The summed E-state index contributed by atoms with van der Waals surface area (Å²) in [6.07, 6.45) is 3.42. The van der Waals surface area contributed by atoms with E-state index in [-0.39, 0.29) is 5.82 Å². The average molecular weight is 250 g/mol. The quantitative estimate of drug-likeness (QED) is 0.889. The molecule has 1 aliphatic rings. The van der Waals surface area contributed by atoms with Gasteiger partial charge in [-0.25, -0.2) is 4.39 Å². The van der Waals surface area contributed by atoms with Gasteiger partial charge in [0.1, 0.15) is 5.82 Å². The molecule has 0 spiro atoms. The fourth-order valence-corrected chi connectivity index (χ4v) is 2.72. The van der Waals surface area contributed by atoms with Gasteiger partial charge in [0.15, 0.2) is 0 Å². The van der Waals surface area contributed by atoms with Crippen LogP contribution in [-0.2, 0) is 6.42 Å². The second-order valence-corrected chi connectivity index (χ2v) is 5.39. The molecule has 0 aliphatic carbocycles. The third kappa shape index (κ3) is 3.53. The Kier molecular flexibility index (Phi) is 4.72. The molecule has 100 valence electrons. The van der Waals surface area contributed by atoms with Gasteiger partial charge in [-0.1, -0.05) is 12.1 Å². The van der Waals surface area contributed by atoms with Crippen LogP contribution in [0.2, 0.25) is 0 Å². The van der Waals surface area contributed by atoms with Gasteiger partial charge in [-0.05, 0) is 69.4 Å². The van der Waals surface area contributed by atoms with Crippen LogP contribution in [-0.4, -0.2) is 30.6 Å². The van der Waals surface area contributed by atoms with Gasteiger partial charge >= 0.3 is 0 Å². The van der Waals surface area contributed by atoms with Crippen LogP contribution in [0, 0.1) is 11.7 Å². The lowest BCUT2D eigenvalue weighted by Crippen LogP contribution is -2.42. The van der Waals surface area contributed by atoms with E-state index in [4.69, 9.17) is 5.73 Å². The molecule has 0 radical (unpaired) electrons. The highest BCUT2D eigenvalue weighted by Crippen LogP contribution is 2.19. The Bertz CT molecular complexity index is 355. The first-order valence-corrected chi connectivity index (χ1v) is 6.87. The van der Waals surface area contributed by atoms with Crippen molar-refractivity contribution in [1.82, 2.24) is 4.90 Å². The fraction of sp³-hybridized carbons (Fsp3) is 0.600. The zero-order valence-corrected chi connectivity index (χ0v) is 11.1. The zero-order chi connectivity index (χ0) is 13.0. The Morgan fingerprint density at radius 2 is 1.89 bits per heavy atom. The van der Waals surface area contributed by atoms with E-state index in [1.807, 2.05) is 12.1 Å². The Hall–Kier alpha value is -0.930. The third-order valence-electron chi connectivity index (χ3n) is 4.05. The summed E-state index contributed by atoms with van der Waals surface area (Å²) in [6, 6.07) is 7.39. The number of benzene rings is 1. The maximum absolute atomic E-state index is 12.8. The molecule has 0 bridgehead atoms. The minimum absolute atomic E-state index is 0.157. The van der Waals surface area contributed by atoms with Crippen molar-refractivity contribution in [1.29, 1.82) is 0 Å². The zero-order valence-electron chi connectivity index (χ0n) is 11.1. The number of halogens is 1. The van der Waals surface area contributed by atoms with E-state index >= 15 is 0 Å². The number of hydrogen-bond donors (Lipinski definition) is 1. The number of hydrogen-bond acceptors (Lipinski definition) is 2. The van der Waals surface area contributed by atoms with Gasteiger partial charge < -0.3 is 10.6 Å². The molecule has 1 atom stereocenters. The summed E-state index contributed by atoms with van der Waals surface area (Å²) in [5.41, 5.74) is 6.92. The van der Waals surface area contributed by atoms with E-state index < -0.39 is 0 Å². The van der Waals surface area contributed by atoms with E-state index in [0.717, 1.165) is 26.1 Å². The number of likely N-dealkylation sites (tertiary alicyclic amines) is 1. The Labute approximate surface area is 109 Å². The topological polar surface area (TPSA) is 29.3 Å². The second kappa shape index (κ2) is 6.30. The van der Waals surface area contributed by atoms with Crippen LogP contribution in [0.5, 0.6) is 0 Å². The molecule has 18 heavy (non-hydrogen) atoms. The van der Waals surface area contributed by atoms with Crippen molar-refractivity contribution in [2.24, 2.45) is 11.7 Å². The first kappa shape index (κ1) is 13.5. The molecule has 1 saturated heterocycles. The molecule has 1 aliphatic heterocycles. The van der Waals surface area contributed by atoms with Crippen LogP contribution in [0.3, 0.4) is 0 Å². The van der Waals surface area contributed by atoms with E-state index in [9.17, 15) is 4.39 Å². The SMILES string of the molecule is CC(Cc1ccc(F)cc1)N1CCC(CN)CC1. The molecular weight excluding hydrogens is 227 g/mol. The standard InChI is InChI=1S/C15H23FN2/c1-12(10-13-2-4-15(16)5-3-13)18-8-6-14(11-17)7-9-18/h2-5,12,14H,6-11,17H2,1H3. The van der Waals surface area contributed by atoms with Gasteiger partial charge in [-0.15, -0.1) is 0 Å². The smallest absolute Gasteiger partial charge is 0.123 e. The predicted octanol–water partition coefficient (Wildman–Crippen LogP) is 2.43.